The molecule has 2 aromatic heterocycles. The highest BCUT2D eigenvalue weighted by Crippen LogP contribution is 2.40. The number of carbonyl (C=O) groups excluding carboxylic acids is 2. The molecule has 3 heterocycles. The maximum atomic E-state index is 13.2. The second-order valence-corrected chi connectivity index (χ2v) is 7.65. The highest BCUT2D eigenvalue weighted by atomic mass is 16.2. The Morgan fingerprint density at radius 3 is 2.86 bits per heavy atom. The quantitative estimate of drug-likeness (QED) is 0.735. The minimum absolute atomic E-state index is 0.0307. The van der Waals surface area contributed by atoms with Crippen LogP contribution in [-0.2, 0) is 18.3 Å². The molecule has 7 heteroatoms. The largest absolute Gasteiger partial charge is 0.326 e. The highest BCUT2D eigenvalue weighted by Gasteiger charge is 2.28. The molecule has 2 N–H and O–H groups in total. The van der Waals surface area contributed by atoms with Gasteiger partial charge in [-0.3, -0.25) is 14.3 Å². The molecule has 0 unspecified atom stereocenters. The predicted octanol–water partition coefficient (Wildman–Crippen LogP) is 3.29. The normalized spacial score (nSPS) is 16.0. The molecule has 142 valence electrons. The summed E-state index contributed by atoms with van der Waals surface area (Å²) >= 11 is 0. The molecule has 5 rings (SSSR count). The minimum Gasteiger partial charge on any atom is -0.326 e. The zero-order valence-corrected chi connectivity index (χ0v) is 15.9. The van der Waals surface area contributed by atoms with Crippen LogP contribution in [0.2, 0.25) is 0 Å². The van der Waals surface area contributed by atoms with Crippen molar-refractivity contribution in [3.63, 3.8) is 0 Å². The van der Waals surface area contributed by atoms with Crippen LogP contribution in [0.4, 0.5) is 11.4 Å². The Bertz CT molecular complexity index is 1140. The van der Waals surface area contributed by atoms with Crippen molar-refractivity contribution in [2.24, 2.45) is 7.05 Å². The first-order chi connectivity index (χ1) is 13.5. The third-order valence-corrected chi connectivity index (χ3v) is 5.49. The van der Waals surface area contributed by atoms with Gasteiger partial charge in [0.1, 0.15) is 0 Å². The molecule has 7 nitrogen and oxygen atoms in total. The number of aromatic nitrogens is 3. The van der Waals surface area contributed by atoms with E-state index in [0.717, 1.165) is 52.2 Å². The number of hydrogen-bond donors (Lipinski definition) is 2. The first-order valence-electron chi connectivity index (χ1n) is 9.58. The van der Waals surface area contributed by atoms with E-state index < -0.39 is 0 Å². The molecule has 0 saturated heterocycles. The van der Waals surface area contributed by atoms with Gasteiger partial charge in [0.05, 0.1) is 16.6 Å². The summed E-state index contributed by atoms with van der Waals surface area (Å²) in [7, 11) is 1.86. The fraction of sp³-hybridized carbons (Fsp3) is 0.333. The molecule has 1 aliphatic heterocycles. The third kappa shape index (κ3) is 2.83. The fourth-order valence-corrected chi connectivity index (χ4v) is 3.89. The smallest absolute Gasteiger partial charge is 0.256 e. The Balaban J connectivity index is 1.52. The van der Waals surface area contributed by atoms with Crippen LogP contribution in [0.3, 0.4) is 0 Å². The van der Waals surface area contributed by atoms with E-state index in [2.05, 4.69) is 15.7 Å². The van der Waals surface area contributed by atoms with E-state index in [9.17, 15) is 9.59 Å². The van der Waals surface area contributed by atoms with Gasteiger partial charge in [0.25, 0.3) is 5.91 Å². The maximum absolute atomic E-state index is 13.2. The van der Waals surface area contributed by atoms with Gasteiger partial charge in [0.2, 0.25) is 5.91 Å². The number of nitrogens with one attached hydrogen (secondary N) is 2. The van der Waals surface area contributed by atoms with E-state index in [4.69, 9.17) is 4.98 Å². The molecule has 1 aromatic carbocycles. The maximum Gasteiger partial charge on any atom is 0.256 e. The monoisotopic (exact) mass is 375 g/mol. The van der Waals surface area contributed by atoms with Crippen molar-refractivity contribution in [3.8, 4) is 0 Å². The highest BCUT2D eigenvalue weighted by molar-refractivity contribution is 6.13. The van der Waals surface area contributed by atoms with Crippen LogP contribution < -0.4 is 10.6 Å². The molecular formula is C21H21N5O2. The first kappa shape index (κ1) is 16.9. The molecule has 2 amide bonds. The first-order valence-corrected chi connectivity index (χ1v) is 9.58. The zero-order chi connectivity index (χ0) is 19.4. The van der Waals surface area contributed by atoms with E-state index in [-0.39, 0.29) is 11.8 Å². The van der Waals surface area contributed by atoms with Crippen LogP contribution in [0.25, 0.3) is 11.0 Å². The average Bonchev–Trinajstić information content (AvgIpc) is 3.48. The lowest BCUT2D eigenvalue weighted by atomic mass is 10.0. The Labute approximate surface area is 162 Å². The van der Waals surface area contributed by atoms with Crippen LogP contribution in [0.15, 0.2) is 24.3 Å². The van der Waals surface area contributed by atoms with Crippen LogP contribution in [-0.4, -0.2) is 26.6 Å². The number of carbonyl (C=O) groups is 2. The van der Waals surface area contributed by atoms with Gasteiger partial charge in [-0.2, -0.15) is 5.10 Å². The van der Waals surface area contributed by atoms with Crippen molar-refractivity contribution in [1.82, 2.24) is 14.8 Å². The SMILES string of the molecule is Cc1nn(C)c2nc(C3CC3)cc(C(=O)Nc3ccc4c(c3)CCC(=O)N4)c12. The number of pyridine rings is 1. The lowest BCUT2D eigenvalue weighted by Gasteiger charge is -2.18. The molecule has 0 bridgehead atoms. The number of amides is 2. The van der Waals surface area contributed by atoms with Gasteiger partial charge < -0.3 is 10.6 Å². The molecule has 1 aliphatic carbocycles. The summed E-state index contributed by atoms with van der Waals surface area (Å²) in [5.74, 6) is 0.312. The van der Waals surface area contributed by atoms with Crippen molar-refractivity contribution in [2.75, 3.05) is 10.6 Å². The zero-order valence-electron chi connectivity index (χ0n) is 15.9. The Morgan fingerprint density at radius 2 is 2.07 bits per heavy atom. The molecule has 0 radical (unpaired) electrons. The Morgan fingerprint density at radius 1 is 1.25 bits per heavy atom. The molecule has 28 heavy (non-hydrogen) atoms. The number of fused-ring (bicyclic) bond motifs is 2. The van der Waals surface area contributed by atoms with Gasteiger partial charge in [-0.05, 0) is 56.0 Å². The number of aryl methyl sites for hydroxylation is 3. The van der Waals surface area contributed by atoms with Gasteiger partial charge in [-0.15, -0.1) is 0 Å². The minimum atomic E-state index is -0.162. The summed E-state index contributed by atoms with van der Waals surface area (Å²) < 4.78 is 1.74. The average molecular weight is 375 g/mol. The molecule has 0 atom stereocenters. The third-order valence-electron chi connectivity index (χ3n) is 5.49. The van der Waals surface area contributed by atoms with Crippen LogP contribution in [0.1, 0.15) is 52.5 Å². The van der Waals surface area contributed by atoms with E-state index in [1.54, 1.807) is 4.68 Å². The number of hydrogen-bond acceptors (Lipinski definition) is 4. The lowest BCUT2D eigenvalue weighted by molar-refractivity contribution is -0.116. The summed E-state index contributed by atoms with van der Waals surface area (Å²) in [6, 6.07) is 7.51. The van der Waals surface area contributed by atoms with Crippen LogP contribution in [0.5, 0.6) is 0 Å². The van der Waals surface area contributed by atoms with Crippen LogP contribution >= 0.6 is 0 Å². The van der Waals surface area contributed by atoms with Gasteiger partial charge in [-0.1, -0.05) is 0 Å². The second kappa shape index (κ2) is 6.15. The topological polar surface area (TPSA) is 88.9 Å². The molecule has 2 aliphatic rings. The lowest BCUT2D eigenvalue weighted by Crippen LogP contribution is -2.19. The molecular weight excluding hydrogens is 354 g/mol. The number of nitrogens with zero attached hydrogens (tertiary/aromatic N) is 3. The Hall–Kier alpha value is -3.22. The van der Waals surface area contributed by atoms with Crippen molar-refractivity contribution in [3.05, 3.63) is 46.8 Å². The van der Waals surface area contributed by atoms with Gasteiger partial charge in [0, 0.05) is 36.5 Å². The molecule has 0 spiro atoms. The van der Waals surface area contributed by atoms with E-state index >= 15 is 0 Å². The Kier molecular flexibility index (Phi) is 3.72. The van der Waals surface area contributed by atoms with Gasteiger partial charge in [-0.25, -0.2) is 4.98 Å². The standard InChI is InChI=1S/C21H21N5O2/c1-11-19-15(10-17(12-3-4-12)24-20(19)26(2)25-11)21(28)22-14-6-7-16-13(9-14)5-8-18(27)23-16/h6-7,9-10,12H,3-5,8H2,1-2H3,(H,22,28)(H,23,27). The number of anilines is 2. The summed E-state index contributed by atoms with van der Waals surface area (Å²) in [4.78, 5) is 29.4. The van der Waals surface area contributed by atoms with Gasteiger partial charge in [0.15, 0.2) is 5.65 Å². The van der Waals surface area contributed by atoms with Crippen molar-refractivity contribution < 1.29 is 9.59 Å². The van der Waals surface area contributed by atoms with Crippen LogP contribution in [0, 0.1) is 6.92 Å². The van der Waals surface area contributed by atoms with Crippen molar-refractivity contribution >= 4 is 34.2 Å². The summed E-state index contributed by atoms with van der Waals surface area (Å²) in [6.45, 7) is 1.90. The molecule has 1 saturated carbocycles. The predicted molar refractivity (Wildman–Crippen MR) is 107 cm³/mol. The number of rotatable bonds is 3. The van der Waals surface area contributed by atoms with Crippen molar-refractivity contribution in [1.29, 1.82) is 0 Å². The molecule has 3 aromatic rings. The van der Waals surface area contributed by atoms with E-state index in [0.29, 0.717) is 24.3 Å². The molecule has 1 fully saturated rings. The summed E-state index contributed by atoms with van der Waals surface area (Å²) in [5.41, 5.74) is 5.70. The van der Waals surface area contributed by atoms with Gasteiger partial charge >= 0.3 is 0 Å². The van der Waals surface area contributed by atoms with E-state index in [1.165, 1.54) is 0 Å². The van der Waals surface area contributed by atoms with Crippen molar-refractivity contribution in [2.45, 2.75) is 38.5 Å². The number of benzene rings is 1. The fourth-order valence-electron chi connectivity index (χ4n) is 3.89. The summed E-state index contributed by atoms with van der Waals surface area (Å²) in [5, 5.41) is 11.1. The second-order valence-electron chi connectivity index (χ2n) is 7.65. The van der Waals surface area contributed by atoms with E-state index in [1.807, 2.05) is 38.2 Å². The summed E-state index contributed by atoms with van der Waals surface area (Å²) in [6.07, 6.45) is 3.38.